The molecular formula is C22H25Cl2N3O6. The highest BCUT2D eigenvalue weighted by Crippen LogP contribution is 2.39. The van der Waals surface area contributed by atoms with Gasteiger partial charge in [-0.05, 0) is 20.8 Å². The lowest BCUT2D eigenvalue weighted by Gasteiger charge is -2.14. The molecular weight excluding hydrogens is 473 g/mol. The van der Waals surface area contributed by atoms with Crippen LogP contribution in [0.3, 0.4) is 0 Å². The summed E-state index contributed by atoms with van der Waals surface area (Å²) in [4.78, 5) is 25.0. The Morgan fingerprint density at radius 2 is 1.64 bits per heavy atom. The van der Waals surface area contributed by atoms with E-state index in [0.717, 1.165) is 0 Å². The number of nitrogens with one attached hydrogen (secondary N) is 1. The Morgan fingerprint density at radius 3 is 2.21 bits per heavy atom. The number of methoxy groups -OCH3 is 2. The van der Waals surface area contributed by atoms with Crippen LogP contribution in [0.15, 0.2) is 34.5 Å². The van der Waals surface area contributed by atoms with Crippen molar-refractivity contribution in [3.8, 4) is 23.0 Å². The van der Waals surface area contributed by atoms with Gasteiger partial charge in [0.2, 0.25) is 6.04 Å². The molecule has 0 saturated carbocycles. The van der Waals surface area contributed by atoms with E-state index in [1.165, 1.54) is 39.3 Å². The topological polar surface area (TPSA) is 108 Å². The van der Waals surface area contributed by atoms with E-state index in [-0.39, 0.29) is 16.4 Å². The number of anilines is 1. The molecule has 1 unspecified atom stereocenters. The predicted octanol–water partition coefficient (Wildman–Crippen LogP) is 5.49. The monoisotopic (exact) mass is 497 g/mol. The zero-order valence-corrected chi connectivity index (χ0v) is 20.4. The fourth-order valence-corrected chi connectivity index (χ4v) is 3.15. The first-order chi connectivity index (χ1) is 15.7. The second-order valence-electron chi connectivity index (χ2n) is 6.53. The maximum atomic E-state index is 12.9. The van der Waals surface area contributed by atoms with Gasteiger partial charge >= 0.3 is 0 Å². The molecule has 9 nitrogen and oxygen atoms in total. The van der Waals surface area contributed by atoms with Gasteiger partial charge in [0.1, 0.15) is 33.7 Å². The average Bonchev–Trinajstić information content (AvgIpc) is 2.78. The maximum absolute atomic E-state index is 12.9. The normalized spacial score (nSPS) is 11.7. The standard InChI is InChI=1S/C22H25Cl2N3O6/c1-6-32-17-11-15(18(33-7-2)10-14(17)23)26-27-21(12(3)28)22(29)25-16-8-13(30-4)9-19(31-5)20(16)24/h8-11,21H,6-7H2,1-5H3,(H,25,29). The molecule has 0 saturated heterocycles. The third-order valence-electron chi connectivity index (χ3n) is 4.25. The van der Waals surface area contributed by atoms with E-state index >= 15 is 0 Å². The van der Waals surface area contributed by atoms with Crippen molar-refractivity contribution < 1.29 is 28.5 Å². The molecule has 2 aromatic rings. The van der Waals surface area contributed by atoms with Crippen molar-refractivity contribution in [1.29, 1.82) is 0 Å². The molecule has 11 heteroatoms. The van der Waals surface area contributed by atoms with Gasteiger partial charge in [-0.2, -0.15) is 10.2 Å². The Labute approximate surface area is 202 Å². The molecule has 0 aromatic heterocycles. The SMILES string of the molecule is CCOc1cc(N=NC(C(C)=O)C(=O)Nc2cc(OC)cc(OC)c2Cl)c(OCC)cc1Cl. The summed E-state index contributed by atoms with van der Waals surface area (Å²) in [5.74, 6) is 0.130. The summed E-state index contributed by atoms with van der Waals surface area (Å²) in [6.07, 6.45) is 0. The van der Waals surface area contributed by atoms with Gasteiger partial charge in [-0.25, -0.2) is 0 Å². The summed E-state index contributed by atoms with van der Waals surface area (Å²) in [5, 5.41) is 11.1. The number of halogens is 2. The van der Waals surface area contributed by atoms with E-state index < -0.39 is 17.7 Å². The number of azo groups is 1. The number of amides is 1. The number of hydrogen-bond donors (Lipinski definition) is 1. The summed E-state index contributed by atoms with van der Waals surface area (Å²) in [7, 11) is 2.89. The minimum absolute atomic E-state index is 0.142. The van der Waals surface area contributed by atoms with Gasteiger partial charge in [-0.1, -0.05) is 23.2 Å². The van der Waals surface area contributed by atoms with E-state index in [2.05, 4.69) is 15.5 Å². The second kappa shape index (κ2) is 12.3. The molecule has 1 amide bonds. The first-order valence-corrected chi connectivity index (χ1v) is 10.7. The maximum Gasteiger partial charge on any atom is 0.258 e. The van der Waals surface area contributed by atoms with E-state index in [1.807, 2.05) is 6.92 Å². The van der Waals surface area contributed by atoms with Gasteiger partial charge in [0.15, 0.2) is 5.78 Å². The van der Waals surface area contributed by atoms with Crippen molar-refractivity contribution in [3.05, 3.63) is 34.3 Å². The number of nitrogens with zero attached hydrogens (tertiary/aromatic N) is 2. The first-order valence-electron chi connectivity index (χ1n) is 9.98. The molecule has 0 heterocycles. The van der Waals surface area contributed by atoms with Crippen LogP contribution in [0.25, 0.3) is 0 Å². The first kappa shape index (κ1) is 26.2. The fraction of sp³-hybridized carbons (Fsp3) is 0.364. The smallest absolute Gasteiger partial charge is 0.258 e. The van der Waals surface area contributed by atoms with Gasteiger partial charge in [0, 0.05) is 24.3 Å². The highest BCUT2D eigenvalue weighted by molar-refractivity contribution is 6.35. The molecule has 1 N–H and O–H groups in total. The van der Waals surface area contributed by atoms with Crippen LogP contribution in [0.4, 0.5) is 11.4 Å². The van der Waals surface area contributed by atoms with Crippen LogP contribution in [-0.4, -0.2) is 45.2 Å². The lowest BCUT2D eigenvalue weighted by molar-refractivity contribution is -0.126. The Morgan fingerprint density at radius 1 is 0.970 bits per heavy atom. The van der Waals surface area contributed by atoms with E-state index in [1.54, 1.807) is 13.0 Å². The van der Waals surface area contributed by atoms with E-state index in [9.17, 15) is 9.59 Å². The van der Waals surface area contributed by atoms with Crippen molar-refractivity contribution in [1.82, 2.24) is 0 Å². The zero-order chi connectivity index (χ0) is 24.5. The summed E-state index contributed by atoms with van der Waals surface area (Å²) >= 11 is 12.5. The number of ether oxygens (including phenoxy) is 4. The average molecular weight is 498 g/mol. The zero-order valence-electron chi connectivity index (χ0n) is 18.9. The van der Waals surface area contributed by atoms with Gasteiger partial charge < -0.3 is 24.3 Å². The molecule has 33 heavy (non-hydrogen) atoms. The number of rotatable bonds is 11. The van der Waals surface area contributed by atoms with Crippen LogP contribution in [0.5, 0.6) is 23.0 Å². The van der Waals surface area contributed by atoms with Crippen LogP contribution in [0.1, 0.15) is 20.8 Å². The van der Waals surface area contributed by atoms with E-state index in [0.29, 0.717) is 41.2 Å². The van der Waals surface area contributed by atoms with Crippen molar-refractivity contribution >= 4 is 46.3 Å². The molecule has 0 bridgehead atoms. The number of Topliss-reactive ketones (excluding diaryl/α,β-unsaturated/α-hetero) is 1. The van der Waals surface area contributed by atoms with Gasteiger partial charge in [-0.15, -0.1) is 0 Å². The molecule has 178 valence electrons. The number of carbonyl (C=O) groups is 2. The third kappa shape index (κ3) is 6.72. The number of benzene rings is 2. The minimum atomic E-state index is -1.45. The van der Waals surface area contributed by atoms with Crippen molar-refractivity contribution in [3.63, 3.8) is 0 Å². The lowest BCUT2D eigenvalue weighted by atomic mass is 10.2. The van der Waals surface area contributed by atoms with E-state index in [4.69, 9.17) is 42.1 Å². The molecule has 0 radical (unpaired) electrons. The fourth-order valence-electron chi connectivity index (χ4n) is 2.71. The molecule has 2 aromatic carbocycles. The number of ketones is 1. The largest absolute Gasteiger partial charge is 0.497 e. The van der Waals surface area contributed by atoms with Crippen molar-refractivity contribution in [2.24, 2.45) is 10.2 Å². The molecule has 0 aliphatic carbocycles. The molecule has 0 spiro atoms. The van der Waals surface area contributed by atoms with Crippen LogP contribution in [0, 0.1) is 0 Å². The predicted molar refractivity (Wildman–Crippen MR) is 126 cm³/mol. The van der Waals surface area contributed by atoms with Crippen LogP contribution in [0.2, 0.25) is 10.0 Å². The van der Waals surface area contributed by atoms with Gasteiger partial charge in [-0.3, -0.25) is 9.59 Å². The summed E-state index contributed by atoms with van der Waals surface area (Å²) in [5.41, 5.74) is 0.448. The third-order valence-corrected chi connectivity index (χ3v) is 4.94. The molecule has 0 aliphatic heterocycles. The summed E-state index contributed by atoms with van der Waals surface area (Å²) < 4.78 is 21.4. The highest BCUT2D eigenvalue weighted by atomic mass is 35.5. The van der Waals surface area contributed by atoms with Gasteiger partial charge in [0.05, 0.1) is 38.1 Å². The Kier molecular flexibility index (Phi) is 9.74. The Bertz CT molecular complexity index is 1050. The van der Waals surface area contributed by atoms with Crippen molar-refractivity contribution in [2.75, 3.05) is 32.8 Å². The molecule has 1 atom stereocenters. The molecule has 0 aliphatic rings. The second-order valence-corrected chi connectivity index (χ2v) is 7.31. The summed E-state index contributed by atoms with van der Waals surface area (Å²) in [6.45, 7) is 5.56. The Hall–Kier alpha value is -3.04. The number of hydrogen-bond acceptors (Lipinski definition) is 8. The van der Waals surface area contributed by atoms with Crippen LogP contribution < -0.4 is 24.3 Å². The Balaban J connectivity index is 2.38. The van der Waals surface area contributed by atoms with Crippen molar-refractivity contribution in [2.45, 2.75) is 26.8 Å². The highest BCUT2D eigenvalue weighted by Gasteiger charge is 2.25. The quantitative estimate of drug-likeness (QED) is 0.324. The van der Waals surface area contributed by atoms with Crippen LogP contribution >= 0.6 is 23.2 Å². The number of carbonyl (C=O) groups excluding carboxylic acids is 2. The molecule has 2 rings (SSSR count). The summed E-state index contributed by atoms with van der Waals surface area (Å²) in [6, 6.07) is 4.68. The molecule has 0 fully saturated rings. The van der Waals surface area contributed by atoms with Crippen LogP contribution in [-0.2, 0) is 9.59 Å². The van der Waals surface area contributed by atoms with Gasteiger partial charge in [0.25, 0.3) is 5.91 Å². The lowest BCUT2D eigenvalue weighted by Crippen LogP contribution is -2.32. The minimum Gasteiger partial charge on any atom is -0.497 e.